The molecule has 0 amide bonds. The predicted molar refractivity (Wildman–Crippen MR) is 67.5 cm³/mol. The van der Waals surface area contributed by atoms with Gasteiger partial charge < -0.3 is 8.85 Å². The van der Waals surface area contributed by atoms with Crippen molar-refractivity contribution in [2.75, 3.05) is 14.2 Å². The van der Waals surface area contributed by atoms with Gasteiger partial charge in [0.25, 0.3) is 0 Å². The normalized spacial score (nSPS) is 12.6. The van der Waals surface area contributed by atoms with Crippen molar-refractivity contribution in [2.24, 2.45) is 0 Å². The first-order valence-corrected chi connectivity index (χ1v) is 14.1. The van der Waals surface area contributed by atoms with Gasteiger partial charge in [-0.2, -0.15) is 0 Å². The van der Waals surface area contributed by atoms with Crippen molar-refractivity contribution in [3.63, 3.8) is 0 Å². The Balaban J connectivity index is 0. The van der Waals surface area contributed by atoms with Crippen molar-refractivity contribution in [1.29, 1.82) is 0 Å². The first-order valence-electron chi connectivity index (χ1n) is 4.47. The summed E-state index contributed by atoms with van der Waals surface area (Å²) < 4.78 is 11.1. The second kappa shape index (κ2) is 10.2. The fraction of sp³-hybridized carbons (Fsp3) is 1.00. The Kier molecular flexibility index (Phi) is 13.4. The Morgan fingerprint density at radius 1 is 0.867 bits per heavy atom. The zero-order valence-corrected chi connectivity index (χ0v) is 15.2. The van der Waals surface area contributed by atoms with Crippen molar-refractivity contribution < 1.29 is 36.6 Å². The van der Waals surface area contributed by atoms with Gasteiger partial charge in [-0.25, -0.2) is 0 Å². The van der Waals surface area contributed by atoms with Gasteiger partial charge in [-0.05, 0) is 11.1 Å². The fourth-order valence-corrected chi connectivity index (χ4v) is 5.08. The molecule has 99 valence electrons. The van der Waals surface area contributed by atoms with Crippen LogP contribution in [0.2, 0.25) is 11.1 Å². The number of halogens is 3. The second-order valence-electron chi connectivity index (χ2n) is 3.57. The van der Waals surface area contributed by atoms with E-state index in [1.807, 2.05) is 0 Å². The summed E-state index contributed by atoms with van der Waals surface area (Å²) in [4.78, 5) is 0. The fourth-order valence-electron chi connectivity index (χ4n) is 1.69. The molecule has 0 N–H and O–H groups in total. The van der Waals surface area contributed by atoms with E-state index in [2.05, 4.69) is 27.7 Å². The molecule has 0 rings (SSSR count). The van der Waals surface area contributed by atoms with Crippen molar-refractivity contribution in [1.82, 2.24) is 0 Å². The Labute approximate surface area is 115 Å². The molecule has 2 nitrogen and oxygen atoms in total. The maximum atomic E-state index is 5.53. The van der Waals surface area contributed by atoms with Gasteiger partial charge in [-0.15, -0.1) is 0 Å². The summed E-state index contributed by atoms with van der Waals surface area (Å²) in [6, 6.07) is 0. The number of hydrogen-bond donors (Lipinski definition) is 0. The zero-order chi connectivity index (χ0) is 12.6. The van der Waals surface area contributed by atoms with Crippen molar-refractivity contribution in [3.8, 4) is 0 Å². The van der Waals surface area contributed by atoms with E-state index in [0.29, 0.717) is 11.1 Å². The van der Waals surface area contributed by atoms with Gasteiger partial charge in [0, 0.05) is 14.2 Å². The average Bonchev–Trinajstić information content (AvgIpc) is 2.04. The van der Waals surface area contributed by atoms with E-state index in [-0.39, 0.29) is 0 Å². The van der Waals surface area contributed by atoms with Gasteiger partial charge in [-0.1, -0.05) is 27.7 Å². The van der Waals surface area contributed by atoms with Gasteiger partial charge >= 0.3 is 55.2 Å². The molecule has 0 aliphatic rings. The van der Waals surface area contributed by atoms with Crippen LogP contribution in [-0.2, 0) is 8.85 Å². The van der Waals surface area contributed by atoms with Crippen molar-refractivity contribution in [2.45, 2.75) is 38.8 Å². The predicted octanol–water partition coefficient (Wildman–Crippen LogP) is 4.61. The summed E-state index contributed by atoms with van der Waals surface area (Å²) in [6.45, 7) is 8.66. The second-order valence-corrected chi connectivity index (χ2v) is 17.1. The first-order chi connectivity index (χ1) is 6.74. The third-order valence-corrected chi connectivity index (χ3v) is 6.74. The summed E-state index contributed by atoms with van der Waals surface area (Å²) in [6.07, 6.45) is 14.9. The molecule has 7 heteroatoms. The minimum absolute atomic E-state index is 0.512. The van der Waals surface area contributed by atoms with Gasteiger partial charge in [0.1, 0.15) is 0 Å². The SMILES string of the molecule is CO[Si](OC)(C(C)C)C(C)C.[Cl][Dy]([Cl])[Cl]. The van der Waals surface area contributed by atoms with Crippen LogP contribution >= 0.6 is 18.9 Å². The quantitative estimate of drug-likeness (QED) is 0.589. The van der Waals surface area contributed by atoms with Gasteiger partial charge in [0.05, 0.1) is 0 Å². The van der Waals surface area contributed by atoms with Crippen molar-refractivity contribution in [3.05, 3.63) is 0 Å². The monoisotopic (exact) mass is 445 g/mol. The van der Waals surface area contributed by atoms with Crippen LogP contribution in [0, 0.1) is 27.7 Å². The van der Waals surface area contributed by atoms with Crippen LogP contribution in [0.25, 0.3) is 0 Å². The molecule has 0 spiro atoms. The van der Waals surface area contributed by atoms with E-state index in [1.54, 1.807) is 14.2 Å². The van der Waals surface area contributed by atoms with Gasteiger partial charge in [0.2, 0.25) is 0 Å². The van der Waals surface area contributed by atoms with Crippen LogP contribution < -0.4 is 0 Å². The standard InChI is InChI=1S/C8H20O2Si.3ClH.Dy/c1-7(2)11(9-5,10-6)8(3)4;;;;/h7-8H,1-6H3;3*1H;/q;;;;+3/p-3. The molecule has 15 heavy (non-hydrogen) atoms. The van der Waals surface area contributed by atoms with Crippen LogP contribution in [0.1, 0.15) is 27.7 Å². The van der Waals surface area contributed by atoms with Crippen LogP contribution in [0.15, 0.2) is 0 Å². The maximum absolute atomic E-state index is 5.53. The molecule has 0 radical (unpaired) electrons. The molecule has 0 saturated carbocycles. The van der Waals surface area contributed by atoms with Gasteiger partial charge in [0.15, 0.2) is 0 Å². The Bertz CT molecular complexity index is 142. The summed E-state index contributed by atoms with van der Waals surface area (Å²) in [5.74, 6) is 0. The van der Waals surface area contributed by atoms with E-state index in [1.165, 1.54) is 0 Å². The van der Waals surface area contributed by atoms with Gasteiger partial charge in [-0.3, -0.25) is 0 Å². The summed E-state index contributed by atoms with van der Waals surface area (Å²) >= 11 is -1.85. The zero-order valence-electron chi connectivity index (χ0n) is 9.92. The Morgan fingerprint density at radius 2 is 1.07 bits per heavy atom. The molecule has 0 aliphatic heterocycles. The molecule has 0 saturated heterocycles. The Morgan fingerprint density at radius 3 is 1.07 bits per heavy atom. The van der Waals surface area contributed by atoms with Crippen LogP contribution in [-0.4, -0.2) is 22.8 Å². The molecule has 0 heterocycles. The topological polar surface area (TPSA) is 18.5 Å². The molecular formula is C8H20Cl3DyO2Si. The average molecular weight is 445 g/mol. The van der Waals surface area contributed by atoms with E-state index in [4.69, 9.17) is 27.8 Å². The molecule has 0 aromatic heterocycles. The minimum atomic E-state index is -1.90. The first kappa shape index (κ1) is 19.6. The molecule has 0 unspecified atom stereocenters. The van der Waals surface area contributed by atoms with E-state index >= 15 is 0 Å². The van der Waals surface area contributed by atoms with Crippen LogP contribution in [0.5, 0.6) is 0 Å². The summed E-state index contributed by atoms with van der Waals surface area (Å²) in [7, 11) is 1.62. The molecule has 0 bridgehead atoms. The van der Waals surface area contributed by atoms with Crippen LogP contribution in [0.4, 0.5) is 0 Å². The number of hydrogen-bond acceptors (Lipinski definition) is 2. The molecule has 0 aromatic rings. The molecule has 0 atom stereocenters. The van der Waals surface area contributed by atoms with Crippen LogP contribution in [0.3, 0.4) is 0 Å². The molecule has 0 fully saturated rings. The van der Waals surface area contributed by atoms with Crippen molar-refractivity contribution >= 4 is 27.5 Å². The summed E-state index contributed by atoms with van der Waals surface area (Å²) in [5, 5.41) is 0. The van der Waals surface area contributed by atoms with E-state index in [0.717, 1.165) is 0 Å². The number of rotatable bonds is 4. The van der Waals surface area contributed by atoms with E-state index < -0.39 is 36.3 Å². The molecular weight excluding hydrogens is 425 g/mol. The summed E-state index contributed by atoms with van der Waals surface area (Å²) in [5.41, 5.74) is 1.02. The molecule has 0 aromatic carbocycles. The molecule has 0 aliphatic carbocycles. The van der Waals surface area contributed by atoms with E-state index in [9.17, 15) is 0 Å². The Hall–Kier alpha value is 2.28. The third kappa shape index (κ3) is 8.07. The third-order valence-electron chi connectivity index (χ3n) is 2.25.